The van der Waals surface area contributed by atoms with Crippen LogP contribution in [0.5, 0.6) is 0 Å². The third kappa shape index (κ3) is 5.02. The first-order valence-electron chi connectivity index (χ1n) is 7.16. The van der Waals surface area contributed by atoms with Crippen molar-refractivity contribution in [1.82, 2.24) is 15.1 Å². The Morgan fingerprint density at radius 2 is 2.10 bits per heavy atom. The van der Waals surface area contributed by atoms with E-state index < -0.39 is 0 Å². The van der Waals surface area contributed by atoms with Crippen LogP contribution < -0.4 is 5.32 Å². The van der Waals surface area contributed by atoms with Gasteiger partial charge >= 0.3 is 0 Å². The Morgan fingerprint density at radius 3 is 2.75 bits per heavy atom. The molecular weight excluding hydrogens is 266 g/mol. The van der Waals surface area contributed by atoms with Crippen molar-refractivity contribution in [3.05, 3.63) is 48.3 Å². The lowest BCUT2D eigenvalue weighted by Gasteiger charge is -2.17. The summed E-state index contributed by atoms with van der Waals surface area (Å²) in [5, 5.41) is 7.89. The molecule has 0 amide bonds. The molecule has 20 heavy (non-hydrogen) atoms. The van der Waals surface area contributed by atoms with Gasteiger partial charge in [-0.25, -0.2) is 0 Å². The minimum atomic E-state index is 0.490. The largest absolute Gasteiger partial charge is 0.313 e. The van der Waals surface area contributed by atoms with Crippen LogP contribution in [0, 0.1) is 0 Å². The molecule has 0 aliphatic rings. The Bertz CT molecular complexity index is 495. The number of aryl methyl sites for hydroxylation is 1. The Labute approximate surface area is 125 Å². The summed E-state index contributed by atoms with van der Waals surface area (Å²) in [6.45, 7) is 3.28. The van der Waals surface area contributed by atoms with Gasteiger partial charge in [-0.1, -0.05) is 25.1 Å². The molecule has 0 fully saturated rings. The van der Waals surface area contributed by atoms with Gasteiger partial charge in [0.25, 0.3) is 0 Å². The average Bonchev–Trinajstić information content (AvgIpc) is 2.88. The van der Waals surface area contributed by atoms with Gasteiger partial charge in [0.1, 0.15) is 0 Å². The predicted octanol–water partition coefficient (Wildman–Crippen LogP) is 3.12. The molecule has 0 saturated carbocycles. The van der Waals surface area contributed by atoms with Crippen LogP contribution in [0.25, 0.3) is 0 Å². The summed E-state index contributed by atoms with van der Waals surface area (Å²) in [5.74, 6) is 1.08. The van der Waals surface area contributed by atoms with Crippen molar-refractivity contribution in [3.8, 4) is 0 Å². The fourth-order valence-corrected chi connectivity index (χ4v) is 3.09. The van der Waals surface area contributed by atoms with E-state index in [1.54, 1.807) is 0 Å². The highest BCUT2D eigenvalue weighted by molar-refractivity contribution is 7.99. The standard InChI is InChI=1S/C16H23N3S/c1-3-9-17-15(10-14-11-18-19(2)12-14)13-20-16-7-5-4-6-8-16/h4-8,11-12,15,17H,3,9-10,13H2,1-2H3. The molecule has 4 heteroatoms. The van der Waals surface area contributed by atoms with Gasteiger partial charge in [-0.15, -0.1) is 11.8 Å². The van der Waals surface area contributed by atoms with Crippen molar-refractivity contribution in [2.45, 2.75) is 30.7 Å². The number of nitrogens with zero attached hydrogens (tertiary/aromatic N) is 2. The Hall–Kier alpha value is -1.26. The molecule has 1 aromatic heterocycles. The number of aromatic nitrogens is 2. The van der Waals surface area contributed by atoms with Gasteiger partial charge in [0.15, 0.2) is 0 Å². The second-order valence-electron chi connectivity index (χ2n) is 5.00. The van der Waals surface area contributed by atoms with Gasteiger partial charge in [0.2, 0.25) is 0 Å². The molecule has 1 unspecified atom stereocenters. The molecule has 0 saturated heterocycles. The smallest absolute Gasteiger partial charge is 0.0522 e. The van der Waals surface area contributed by atoms with E-state index in [1.807, 2.05) is 29.7 Å². The van der Waals surface area contributed by atoms with E-state index >= 15 is 0 Å². The molecule has 0 bridgehead atoms. The molecular formula is C16H23N3S. The molecule has 108 valence electrons. The molecule has 3 nitrogen and oxygen atoms in total. The van der Waals surface area contributed by atoms with Gasteiger partial charge < -0.3 is 5.32 Å². The quantitative estimate of drug-likeness (QED) is 0.757. The highest BCUT2D eigenvalue weighted by atomic mass is 32.2. The predicted molar refractivity (Wildman–Crippen MR) is 86.2 cm³/mol. The van der Waals surface area contributed by atoms with Crippen LogP contribution in [0.15, 0.2) is 47.6 Å². The van der Waals surface area contributed by atoms with Crippen LogP contribution in [0.4, 0.5) is 0 Å². The Morgan fingerprint density at radius 1 is 1.30 bits per heavy atom. The minimum absolute atomic E-state index is 0.490. The number of nitrogens with one attached hydrogen (secondary N) is 1. The van der Waals surface area contributed by atoms with E-state index in [2.05, 4.69) is 53.9 Å². The molecule has 2 aromatic rings. The second kappa shape index (κ2) is 8.12. The summed E-state index contributed by atoms with van der Waals surface area (Å²) >= 11 is 1.92. The van der Waals surface area contributed by atoms with Crippen molar-refractivity contribution in [1.29, 1.82) is 0 Å². The maximum atomic E-state index is 4.25. The normalized spacial score (nSPS) is 12.5. The Balaban J connectivity index is 1.89. The van der Waals surface area contributed by atoms with Crippen LogP contribution in [-0.2, 0) is 13.5 Å². The molecule has 0 aliphatic heterocycles. The first-order chi connectivity index (χ1) is 9.78. The average molecular weight is 289 g/mol. The third-order valence-electron chi connectivity index (χ3n) is 3.12. The van der Waals surface area contributed by atoms with Crippen molar-refractivity contribution in [3.63, 3.8) is 0 Å². The van der Waals surface area contributed by atoms with E-state index in [0.29, 0.717) is 6.04 Å². The number of hydrogen-bond acceptors (Lipinski definition) is 3. The van der Waals surface area contributed by atoms with E-state index in [4.69, 9.17) is 0 Å². The lowest BCUT2D eigenvalue weighted by molar-refractivity contribution is 0.550. The number of thioether (sulfide) groups is 1. The molecule has 1 N–H and O–H groups in total. The summed E-state index contributed by atoms with van der Waals surface area (Å²) in [4.78, 5) is 1.34. The summed E-state index contributed by atoms with van der Waals surface area (Å²) in [6.07, 6.45) is 6.27. The number of hydrogen-bond donors (Lipinski definition) is 1. The number of rotatable bonds is 8. The van der Waals surface area contributed by atoms with E-state index in [9.17, 15) is 0 Å². The van der Waals surface area contributed by atoms with Crippen LogP contribution in [0.2, 0.25) is 0 Å². The highest BCUT2D eigenvalue weighted by Gasteiger charge is 2.10. The van der Waals surface area contributed by atoms with Crippen molar-refractivity contribution >= 4 is 11.8 Å². The van der Waals surface area contributed by atoms with Crippen molar-refractivity contribution in [2.75, 3.05) is 12.3 Å². The second-order valence-corrected chi connectivity index (χ2v) is 6.09. The molecule has 0 aliphatic carbocycles. The molecule has 1 heterocycles. The minimum Gasteiger partial charge on any atom is -0.313 e. The zero-order valence-electron chi connectivity index (χ0n) is 12.2. The molecule has 1 atom stereocenters. The van der Waals surface area contributed by atoms with E-state index in [-0.39, 0.29) is 0 Å². The summed E-state index contributed by atoms with van der Waals surface area (Å²) in [7, 11) is 1.97. The maximum absolute atomic E-state index is 4.25. The molecule has 0 radical (unpaired) electrons. The number of benzene rings is 1. The van der Waals surface area contributed by atoms with Crippen LogP contribution in [-0.4, -0.2) is 28.1 Å². The van der Waals surface area contributed by atoms with Crippen LogP contribution in [0.1, 0.15) is 18.9 Å². The van der Waals surface area contributed by atoms with Crippen LogP contribution in [0.3, 0.4) is 0 Å². The van der Waals surface area contributed by atoms with E-state index in [0.717, 1.165) is 18.7 Å². The van der Waals surface area contributed by atoms with Gasteiger partial charge in [-0.2, -0.15) is 5.10 Å². The van der Waals surface area contributed by atoms with Gasteiger partial charge in [0.05, 0.1) is 6.20 Å². The van der Waals surface area contributed by atoms with Gasteiger partial charge in [0, 0.05) is 29.9 Å². The lowest BCUT2D eigenvalue weighted by atomic mass is 10.1. The fourth-order valence-electron chi connectivity index (χ4n) is 2.11. The maximum Gasteiger partial charge on any atom is 0.0522 e. The molecule has 2 rings (SSSR count). The monoisotopic (exact) mass is 289 g/mol. The SMILES string of the molecule is CCCNC(CSc1ccccc1)Cc1cnn(C)c1. The molecule has 1 aromatic carbocycles. The first-order valence-corrected chi connectivity index (χ1v) is 8.15. The first kappa shape index (κ1) is 15.1. The van der Waals surface area contributed by atoms with Gasteiger partial charge in [-0.3, -0.25) is 4.68 Å². The summed E-state index contributed by atoms with van der Waals surface area (Å²) in [5.41, 5.74) is 1.30. The molecule has 0 spiro atoms. The topological polar surface area (TPSA) is 29.9 Å². The lowest BCUT2D eigenvalue weighted by Crippen LogP contribution is -2.33. The van der Waals surface area contributed by atoms with Crippen LogP contribution >= 0.6 is 11.8 Å². The summed E-state index contributed by atoms with van der Waals surface area (Å²) < 4.78 is 1.87. The van der Waals surface area contributed by atoms with Crippen molar-refractivity contribution in [2.24, 2.45) is 7.05 Å². The summed E-state index contributed by atoms with van der Waals surface area (Å²) in [6, 6.07) is 11.1. The third-order valence-corrected chi connectivity index (χ3v) is 4.29. The Kier molecular flexibility index (Phi) is 6.15. The van der Waals surface area contributed by atoms with E-state index in [1.165, 1.54) is 16.9 Å². The van der Waals surface area contributed by atoms with Gasteiger partial charge in [-0.05, 0) is 37.1 Å². The highest BCUT2D eigenvalue weighted by Crippen LogP contribution is 2.19. The van der Waals surface area contributed by atoms with Crippen molar-refractivity contribution < 1.29 is 0 Å². The zero-order chi connectivity index (χ0) is 14.2. The fraction of sp³-hybridized carbons (Fsp3) is 0.438. The zero-order valence-corrected chi connectivity index (χ0v) is 13.1.